The van der Waals surface area contributed by atoms with Crippen LogP contribution in [0.25, 0.3) is 11.0 Å². The van der Waals surface area contributed by atoms with Gasteiger partial charge < -0.3 is 19.5 Å². The summed E-state index contributed by atoms with van der Waals surface area (Å²) in [7, 11) is 0. The van der Waals surface area contributed by atoms with E-state index in [0.29, 0.717) is 33.1 Å². The van der Waals surface area contributed by atoms with Crippen LogP contribution in [0.15, 0.2) is 30.7 Å². The highest BCUT2D eigenvalue weighted by molar-refractivity contribution is 6.34. The maximum atomic E-state index is 9.68. The van der Waals surface area contributed by atoms with Gasteiger partial charge in [0.1, 0.15) is 16.7 Å². The van der Waals surface area contributed by atoms with Crippen molar-refractivity contribution in [3.05, 3.63) is 52.0 Å². The molecule has 2 aliphatic heterocycles. The van der Waals surface area contributed by atoms with Gasteiger partial charge in [-0.3, -0.25) is 4.98 Å². The maximum Gasteiger partial charge on any atom is 0.130 e. The van der Waals surface area contributed by atoms with Crippen LogP contribution in [0.2, 0.25) is 10.2 Å². The topological polar surface area (TPSA) is 81.2 Å². The van der Waals surface area contributed by atoms with Crippen LogP contribution in [0, 0.1) is 23.2 Å². The van der Waals surface area contributed by atoms with Gasteiger partial charge in [0.2, 0.25) is 0 Å². The van der Waals surface area contributed by atoms with E-state index in [1.54, 1.807) is 12.3 Å². The average molecular weight is 499 g/mol. The van der Waals surface area contributed by atoms with Crippen LogP contribution in [0.3, 0.4) is 0 Å². The normalized spacial score (nSPS) is 20.3. The number of nitrogens with zero attached hydrogens (tertiary/aromatic N) is 6. The molecule has 2 saturated heterocycles. The molecule has 0 amide bonds. The molecular formula is C25H28Cl2N6O. The van der Waals surface area contributed by atoms with E-state index in [9.17, 15) is 10.4 Å². The Morgan fingerprint density at radius 2 is 2.00 bits per heavy atom. The third-order valence-electron chi connectivity index (χ3n) is 7.39. The fourth-order valence-electron chi connectivity index (χ4n) is 5.41. The Kier molecular flexibility index (Phi) is 6.67. The fraction of sp³-hybridized carbons (Fsp3) is 0.480. The summed E-state index contributed by atoms with van der Waals surface area (Å²) in [4.78, 5) is 13.6. The smallest absolute Gasteiger partial charge is 0.130 e. The molecule has 1 N–H and O–H groups in total. The highest BCUT2D eigenvalue weighted by Gasteiger charge is 2.36. The van der Waals surface area contributed by atoms with Gasteiger partial charge in [-0.15, -0.1) is 0 Å². The van der Waals surface area contributed by atoms with E-state index in [4.69, 9.17) is 23.2 Å². The molecule has 0 radical (unpaired) electrons. The van der Waals surface area contributed by atoms with Crippen molar-refractivity contribution in [1.29, 1.82) is 5.26 Å². The third kappa shape index (κ3) is 4.36. The van der Waals surface area contributed by atoms with Gasteiger partial charge in [-0.25, -0.2) is 4.98 Å². The van der Waals surface area contributed by atoms with Gasteiger partial charge in [0.05, 0.1) is 40.6 Å². The first-order chi connectivity index (χ1) is 16.5. The second kappa shape index (κ2) is 9.71. The molecule has 2 fully saturated rings. The van der Waals surface area contributed by atoms with Crippen LogP contribution in [-0.4, -0.2) is 63.9 Å². The molecule has 178 valence electrons. The molecule has 0 aliphatic carbocycles. The monoisotopic (exact) mass is 498 g/mol. The van der Waals surface area contributed by atoms with Crippen LogP contribution in [0.5, 0.6) is 0 Å². The zero-order valence-electron chi connectivity index (χ0n) is 19.2. The van der Waals surface area contributed by atoms with Gasteiger partial charge in [-0.2, -0.15) is 5.26 Å². The molecule has 7 nitrogen and oxygen atoms in total. The van der Waals surface area contributed by atoms with E-state index in [1.165, 1.54) is 12.8 Å². The van der Waals surface area contributed by atoms with E-state index >= 15 is 0 Å². The van der Waals surface area contributed by atoms with Gasteiger partial charge >= 0.3 is 0 Å². The van der Waals surface area contributed by atoms with Gasteiger partial charge in [0, 0.05) is 44.1 Å². The Bertz CT molecular complexity index is 1230. The number of hydrogen-bond donors (Lipinski definition) is 1. The van der Waals surface area contributed by atoms with Crippen molar-refractivity contribution in [3.8, 4) is 6.07 Å². The molecule has 0 aromatic carbocycles. The zero-order valence-corrected chi connectivity index (χ0v) is 20.7. The molecule has 0 bridgehead atoms. The van der Waals surface area contributed by atoms with Crippen LogP contribution in [0.1, 0.15) is 36.9 Å². The highest BCUT2D eigenvalue weighted by atomic mass is 35.5. The number of aliphatic hydroxyl groups excluding tert-OH is 1. The van der Waals surface area contributed by atoms with Crippen molar-refractivity contribution in [2.24, 2.45) is 11.8 Å². The number of β-amino-alcohol motifs (C(OH)–C–C–N with tert-alkyl or cyclic N) is 1. The fourth-order valence-corrected chi connectivity index (χ4v) is 5.93. The number of hydrogen-bond acceptors (Lipinski definition) is 6. The second-order valence-electron chi connectivity index (χ2n) is 9.42. The van der Waals surface area contributed by atoms with Gasteiger partial charge in [0.15, 0.2) is 0 Å². The minimum Gasteiger partial charge on any atom is -0.395 e. The Balaban J connectivity index is 1.38. The number of aliphatic hydroxyl groups is 1. The number of rotatable bonds is 6. The number of fused-ring (bicyclic) bond motifs is 1. The zero-order chi connectivity index (χ0) is 23.8. The second-order valence-corrected chi connectivity index (χ2v) is 10.2. The molecular weight excluding hydrogens is 471 g/mol. The van der Waals surface area contributed by atoms with Crippen LogP contribution < -0.4 is 4.90 Å². The number of aromatic nitrogens is 3. The lowest BCUT2D eigenvalue weighted by Gasteiger charge is -2.47. The first-order valence-corrected chi connectivity index (χ1v) is 12.5. The minimum atomic E-state index is -0.136. The summed E-state index contributed by atoms with van der Waals surface area (Å²) in [6, 6.07) is 5.91. The predicted molar refractivity (Wildman–Crippen MR) is 134 cm³/mol. The van der Waals surface area contributed by atoms with Crippen LogP contribution in [-0.2, 0) is 0 Å². The molecule has 5 rings (SSSR count). The minimum absolute atomic E-state index is 0.136. The maximum absolute atomic E-state index is 9.68. The molecule has 5 heterocycles. The van der Waals surface area contributed by atoms with Crippen molar-refractivity contribution in [2.75, 3.05) is 44.2 Å². The van der Waals surface area contributed by atoms with E-state index < -0.39 is 0 Å². The molecule has 0 saturated carbocycles. The Morgan fingerprint density at radius 1 is 1.18 bits per heavy atom. The molecule has 3 aromatic heterocycles. The van der Waals surface area contributed by atoms with Crippen molar-refractivity contribution < 1.29 is 5.11 Å². The average Bonchev–Trinajstić information content (AvgIpc) is 3.16. The quantitative estimate of drug-likeness (QED) is 0.508. The summed E-state index contributed by atoms with van der Waals surface area (Å²) in [5.74, 6) is 1.35. The summed E-state index contributed by atoms with van der Waals surface area (Å²) in [6.45, 7) is 7.24. The summed E-state index contributed by atoms with van der Waals surface area (Å²) >= 11 is 12.4. The number of nitriles is 1. The van der Waals surface area contributed by atoms with Gasteiger partial charge in [-0.05, 0) is 50.3 Å². The summed E-state index contributed by atoms with van der Waals surface area (Å²) < 4.78 is 2.05. The number of halogens is 2. The Morgan fingerprint density at radius 3 is 2.74 bits per heavy atom. The molecule has 34 heavy (non-hydrogen) atoms. The first kappa shape index (κ1) is 23.4. The molecule has 3 aromatic rings. The first-order valence-electron chi connectivity index (χ1n) is 11.8. The number of pyridine rings is 2. The molecule has 0 spiro atoms. The lowest BCUT2D eigenvalue weighted by Crippen LogP contribution is -2.53. The highest BCUT2D eigenvalue weighted by Crippen LogP contribution is 2.36. The molecule has 1 unspecified atom stereocenters. The number of likely N-dealkylation sites (tertiary alicyclic amines) is 1. The number of anilines is 1. The predicted octanol–water partition coefficient (Wildman–Crippen LogP) is 4.36. The van der Waals surface area contributed by atoms with Crippen molar-refractivity contribution in [1.82, 2.24) is 19.4 Å². The lowest BCUT2D eigenvalue weighted by atomic mass is 9.80. The van der Waals surface area contributed by atoms with Crippen molar-refractivity contribution in [3.63, 3.8) is 0 Å². The molecule has 2 atom stereocenters. The van der Waals surface area contributed by atoms with E-state index in [2.05, 4.69) is 31.9 Å². The molecule has 2 aliphatic rings. The van der Waals surface area contributed by atoms with Crippen LogP contribution in [0.4, 0.5) is 5.69 Å². The van der Waals surface area contributed by atoms with Gasteiger partial charge in [-0.1, -0.05) is 23.2 Å². The van der Waals surface area contributed by atoms with Crippen molar-refractivity contribution >= 4 is 39.9 Å². The van der Waals surface area contributed by atoms with Gasteiger partial charge in [0.25, 0.3) is 0 Å². The Labute approximate surface area is 209 Å². The SMILES string of the molecule is CC(c1cnc(Cl)cc1Cl)n1cc(C#N)c2ncc(N3CC([C@H]4CCCN(CCO)C4)C3)cc21. The number of piperidine rings is 1. The van der Waals surface area contributed by atoms with Crippen LogP contribution >= 0.6 is 23.2 Å². The standard InChI is InChI=1S/C25H28Cl2N6O/c1-16(21-11-29-24(27)8-22(21)26)33-15-18(9-28)25-23(33)7-20(10-30-25)32-13-19(14-32)17-3-2-4-31(12-17)5-6-34/h7-8,10-11,15-17,19,34H,2-6,12-14H2,1H3/t16?,17-/m0/s1. The van der Waals surface area contributed by atoms with E-state index in [-0.39, 0.29) is 12.6 Å². The Hall–Kier alpha value is -2.37. The lowest BCUT2D eigenvalue weighted by molar-refractivity contribution is 0.102. The molecule has 9 heteroatoms. The van der Waals surface area contributed by atoms with Crippen molar-refractivity contribution in [2.45, 2.75) is 25.8 Å². The third-order valence-corrected chi connectivity index (χ3v) is 7.92. The van der Waals surface area contributed by atoms with E-state index in [1.807, 2.05) is 23.9 Å². The summed E-state index contributed by atoms with van der Waals surface area (Å²) in [6.07, 6.45) is 7.88. The largest absolute Gasteiger partial charge is 0.395 e. The van der Waals surface area contributed by atoms with E-state index in [0.717, 1.165) is 49.5 Å². The summed E-state index contributed by atoms with van der Waals surface area (Å²) in [5, 5.41) is 19.9. The summed E-state index contributed by atoms with van der Waals surface area (Å²) in [5.41, 5.74) is 4.05.